The van der Waals surface area contributed by atoms with E-state index in [0.717, 1.165) is 72.3 Å². The molecule has 150 valence electrons. The number of rotatable bonds is 11. The van der Waals surface area contributed by atoms with Crippen molar-refractivity contribution in [1.82, 2.24) is 25.1 Å². The first kappa shape index (κ1) is 21.8. The van der Waals surface area contributed by atoms with Crippen LogP contribution in [0.25, 0.3) is 0 Å². The van der Waals surface area contributed by atoms with Crippen LogP contribution in [0.3, 0.4) is 0 Å². The van der Waals surface area contributed by atoms with E-state index in [1.54, 1.807) is 0 Å². The molecule has 0 amide bonds. The number of hydrogen-bond acceptors (Lipinski definition) is 5. The maximum absolute atomic E-state index is 5.81. The number of furan rings is 1. The van der Waals surface area contributed by atoms with Crippen molar-refractivity contribution in [2.45, 2.75) is 39.1 Å². The Morgan fingerprint density at radius 1 is 1.22 bits per heavy atom. The summed E-state index contributed by atoms with van der Waals surface area (Å²) in [6.07, 6.45) is 3.10. The minimum absolute atomic E-state index is 0.723. The molecule has 0 fully saturated rings. The summed E-state index contributed by atoms with van der Waals surface area (Å²) in [4.78, 5) is 6.51. The van der Waals surface area contributed by atoms with Crippen LogP contribution < -0.4 is 10.6 Å². The van der Waals surface area contributed by atoms with Gasteiger partial charge in [-0.25, -0.2) is 4.98 Å². The van der Waals surface area contributed by atoms with E-state index in [9.17, 15) is 0 Å². The first-order valence-corrected chi connectivity index (χ1v) is 10.8. The van der Waals surface area contributed by atoms with Crippen molar-refractivity contribution < 1.29 is 4.42 Å². The molecule has 27 heavy (non-hydrogen) atoms. The molecule has 2 rings (SSSR count). The van der Waals surface area contributed by atoms with Gasteiger partial charge in [0.1, 0.15) is 17.3 Å². The van der Waals surface area contributed by atoms with Crippen LogP contribution in [0.2, 0.25) is 0 Å². The Morgan fingerprint density at radius 2 is 1.96 bits per heavy atom. The third-order valence-electron chi connectivity index (χ3n) is 3.92. The number of nitrogens with zero attached hydrogens (tertiary/aromatic N) is 3. The number of aryl methyl sites for hydroxylation is 3. The lowest BCUT2D eigenvalue weighted by Gasteiger charge is -2.11. The number of imidazole rings is 1. The maximum atomic E-state index is 5.81. The highest BCUT2D eigenvalue weighted by Crippen LogP contribution is 2.15. The van der Waals surface area contributed by atoms with Crippen LogP contribution in [-0.2, 0) is 18.8 Å². The molecule has 0 radical (unpaired) electrons. The molecule has 0 aliphatic heterocycles. The lowest BCUT2D eigenvalue weighted by atomic mass is 10.4. The molecule has 2 N–H and O–H groups in total. The van der Waals surface area contributed by atoms with Crippen LogP contribution in [-0.4, -0.2) is 52.5 Å². The Bertz CT molecular complexity index is 711. The van der Waals surface area contributed by atoms with Crippen LogP contribution in [0.4, 0.5) is 0 Å². The largest absolute Gasteiger partial charge is 0.464 e. The third kappa shape index (κ3) is 8.36. The van der Waals surface area contributed by atoms with Gasteiger partial charge < -0.3 is 24.5 Å². The molecule has 2 heterocycles. The fourth-order valence-electron chi connectivity index (χ4n) is 2.71. The molecule has 0 saturated heterocycles. The molecule has 6 nitrogen and oxygen atoms in total. The van der Waals surface area contributed by atoms with Crippen molar-refractivity contribution in [2.24, 2.45) is 0 Å². The monoisotopic (exact) mass is 409 g/mol. The molecule has 0 saturated carbocycles. The summed E-state index contributed by atoms with van der Waals surface area (Å²) >= 11 is 7.17. The van der Waals surface area contributed by atoms with Crippen molar-refractivity contribution in [3.8, 4) is 0 Å². The Hall–Kier alpha value is -1.51. The van der Waals surface area contributed by atoms with E-state index in [1.807, 2.05) is 39.7 Å². The van der Waals surface area contributed by atoms with Gasteiger partial charge in [-0.1, -0.05) is 0 Å². The Morgan fingerprint density at radius 3 is 2.67 bits per heavy atom. The molecule has 0 aromatic carbocycles. The van der Waals surface area contributed by atoms with Gasteiger partial charge in [0.2, 0.25) is 0 Å². The summed E-state index contributed by atoms with van der Waals surface area (Å²) in [7, 11) is 4.08. The van der Waals surface area contributed by atoms with Gasteiger partial charge in [-0.15, -0.1) is 0 Å². The SMILES string of the molecule is Cc1cn(CCCNC(=S)NCCSCc2ccc(CN(C)C)o2)c(C)n1. The molecular weight excluding hydrogens is 378 g/mol. The minimum atomic E-state index is 0.723. The Balaban J connectivity index is 1.49. The van der Waals surface area contributed by atoms with E-state index in [0.29, 0.717) is 0 Å². The predicted octanol–water partition coefficient (Wildman–Crippen LogP) is 2.94. The molecular formula is C19H31N5OS2. The van der Waals surface area contributed by atoms with E-state index >= 15 is 0 Å². The van der Waals surface area contributed by atoms with Crippen LogP contribution >= 0.6 is 24.0 Å². The van der Waals surface area contributed by atoms with Crippen molar-refractivity contribution >= 4 is 29.1 Å². The summed E-state index contributed by atoms with van der Waals surface area (Å²) in [5, 5.41) is 7.24. The second kappa shape index (κ2) is 11.4. The smallest absolute Gasteiger partial charge is 0.166 e. The zero-order valence-electron chi connectivity index (χ0n) is 16.7. The molecule has 0 aliphatic rings. The van der Waals surface area contributed by atoms with Crippen LogP contribution in [0.1, 0.15) is 29.5 Å². The van der Waals surface area contributed by atoms with Gasteiger partial charge in [-0.05, 0) is 58.7 Å². The van der Waals surface area contributed by atoms with Gasteiger partial charge in [0.15, 0.2) is 5.11 Å². The van der Waals surface area contributed by atoms with E-state index in [4.69, 9.17) is 16.6 Å². The summed E-state index contributed by atoms with van der Waals surface area (Å²) in [6, 6.07) is 4.12. The van der Waals surface area contributed by atoms with E-state index in [1.165, 1.54) is 0 Å². The quantitative estimate of drug-likeness (QED) is 0.437. The topological polar surface area (TPSA) is 58.3 Å². The van der Waals surface area contributed by atoms with Crippen molar-refractivity contribution in [2.75, 3.05) is 32.9 Å². The van der Waals surface area contributed by atoms with Crippen molar-refractivity contribution in [1.29, 1.82) is 0 Å². The molecule has 2 aromatic rings. The molecule has 0 unspecified atom stereocenters. The second-order valence-electron chi connectivity index (χ2n) is 6.82. The van der Waals surface area contributed by atoms with E-state index < -0.39 is 0 Å². The fourth-order valence-corrected chi connectivity index (χ4v) is 3.66. The predicted molar refractivity (Wildman–Crippen MR) is 117 cm³/mol. The summed E-state index contributed by atoms with van der Waals surface area (Å²) < 4.78 is 7.99. The van der Waals surface area contributed by atoms with Gasteiger partial charge >= 0.3 is 0 Å². The van der Waals surface area contributed by atoms with E-state index in [-0.39, 0.29) is 0 Å². The Labute approximate surface area is 172 Å². The lowest BCUT2D eigenvalue weighted by Crippen LogP contribution is -2.37. The zero-order chi connectivity index (χ0) is 19.6. The normalized spacial score (nSPS) is 11.1. The van der Waals surface area contributed by atoms with Crippen LogP contribution in [0.15, 0.2) is 22.7 Å². The summed E-state index contributed by atoms with van der Waals surface area (Å²) in [5.74, 6) is 4.98. The first-order valence-electron chi connectivity index (χ1n) is 9.26. The molecule has 0 aliphatic carbocycles. The number of thiocarbonyl (C=S) groups is 1. The summed E-state index contributed by atoms with van der Waals surface area (Å²) in [6.45, 7) is 7.56. The molecule has 0 spiro atoms. The van der Waals surface area contributed by atoms with Gasteiger partial charge in [-0.3, -0.25) is 0 Å². The number of aromatic nitrogens is 2. The van der Waals surface area contributed by atoms with Crippen LogP contribution in [0, 0.1) is 13.8 Å². The lowest BCUT2D eigenvalue weighted by molar-refractivity contribution is 0.344. The molecule has 2 aromatic heterocycles. The maximum Gasteiger partial charge on any atom is 0.166 e. The highest BCUT2D eigenvalue weighted by molar-refractivity contribution is 7.98. The number of hydrogen-bond donors (Lipinski definition) is 2. The highest BCUT2D eigenvalue weighted by atomic mass is 32.2. The van der Waals surface area contributed by atoms with Gasteiger partial charge in [-0.2, -0.15) is 11.8 Å². The number of nitrogens with one attached hydrogen (secondary N) is 2. The first-order chi connectivity index (χ1) is 12.9. The van der Waals surface area contributed by atoms with Crippen molar-refractivity contribution in [3.63, 3.8) is 0 Å². The number of thioether (sulfide) groups is 1. The molecule has 8 heteroatoms. The van der Waals surface area contributed by atoms with Gasteiger partial charge in [0, 0.05) is 31.6 Å². The highest BCUT2D eigenvalue weighted by Gasteiger charge is 2.04. The van der Waals surface area contributed by atoms with Gasteiger partial charge in [0.05, 0.1) is 18.0 Å². The minimum Gasteiger partial charge on any atom is -0.464 e. The molecule has 0 atom stereocenters. The fraction of sp³-hybridized carbons (Fsp3) is 0.579. The standard InChI is InChI=1S/C19H31N5OS2/c1-15-12-24(16(2)22-15)10-5-8-20-19(26)21-9-11-27-14-18-7-6-17(25-18)13-23(3)4/h6-7,12H,5,8-11,13-14H2,1-4H3,(H2,20,21,26). The van der Waals surface area contributed by atoms with Crippen LogP contribution in [0.5, 0.6) is 0 Å². The second-order valence-corrected chi connectivity index (χ2v) is 8.33. The zero-order valence-corrected chi connectivity index (χ0v) is 18.4. The van der Waals surface area contributed by atoms with Crippen molar-refractivity contribution in [3.05, 3.63) is 41.4 Å². The summed E-state index contributed by atoms with van der Waals surface area (Å²) in [5.41, 5.74) is 1.07. The van der Waals surface area contributed by atoms with E-state index in [2.05, 4.69) is 43.4 Å². The average molecular weight is 410 g/mol. The van der Waals surface area contributed by atoms with Gasteiger partial charge in [0.25, 0.3) is 0 Å². The molecule has 0 bridgehead atoms. The third-order valence-corrected chi connectivity index (χ3v) is 5.19. The average Bonchev–Trinajstić information content (AvgIpc) is 3.16. The Kier molecular flexibility index (Phi) is 9.17.